The van der Waals surface area contributed by atoms with Gasteiger partial charge in [0.05, 0.1) is 24.0 Å². The van der Waals surface area contributed by atoms with Crippen molar-refractivity contribution in [3.63, 3.8) is 0 Å². The van der Waals surface area contributed by atoms with E-state index >= 15 is 0 Å². The van der Waals surface area contributed by atoms with Crippen LogP contribution in [0.3, 0.4) is 0 Å². The summed E-state index contributed by atoms with van der Waals surface area (Å²) in [4.78, 5) is 28.8. The molecular formula is C27H23FN8O. The second kappa shape index (κ2) is 8.98. The number of aliphatic imine (C=N–C) groups is 1. The van der Waals surface area contributed by atoms with Gasteiger partial charge in [0.1, 0.15) is 17.5 Å². The molecule has 0 saturated carbocycles. The van der Waals surface area contributed by atoms with Gasteiger partial charge in [-0.3, -0.25) is 14.5 Å². The largest absolute Gasteiger partial charge is 0.322 e. The van der Waals surface area contributed by atoms with Crippen LogP contribution in [0.2, 0.25) is 0 Å². The zero-order valence-electron chi connectivity index (χ0n) is 20.2. The maximum atomic E-state index is 14.1. The molecule has 0 saturated heterocycles. The number of hydrogen-bond acceptors (Lipinski definition) is 7. The zero-order valence-corrected chi connectivity index (χ0v) is 20.2. The number of amidine groups is 1. The van der Waals surface area contributed by atoms with Gasteiger partial charge in [0.2, 0.25) is 5.95 Å². The molecule has 9 nitrogen and oxygen atoms in total. The molecule has 2 aliphatic heterocycles. The molecule has 1 amide bonds. The normalized spacial score (nSPS) is 14.0. The Labute approximate surface area is 212 Å². The summed E-state index contributed by atoms with van der Waals surface area (Å²) in [5.74, 6) is 1.01. The van der Waals surface area contributed by atoms with Crippen LogP contribution in [-0.2, 0) is 7.05 Å². The summed E-state index contributed by atoms with van der Waals surface area (Å²) in [5.41, 5.74) is 5.08. The van der Waals surface area contributed by atoms with Crippen LogP contribution in [0, 0.1) is 12.7 Å². The van der Waals surface area contributed by atoms with Crippen LogP contribution in [0.1, 0.15) is 27.0 Å². The summed E-state index contributed by atoms with van der Waals surface area (Å²) in [5, 5.41) is 10.2. The molecule has 4 aromatic rings. The van der Waals surface area contributed by atoms with Crippen molar-refractivity contribution in [2.75, 3.05) is 28.6 Å². The van der Waals surface area contributed by atoms with E-state index in [1.807, 2.05) is 44.4 Å². The highest BCUT2D eigenvalue weighted by Gasteiger charge is 2.31. The first kappa shape index (κ1) is 22.6. The van der Waals surface area contributed by atoms with Crippen LogP contribution in [0.15, 0.2) is 66.0 Å². The van der Waals surface area contributed by atoms with Crippen LogP contribution >= 0.6 is 0 Å². The molecule has 0 unspecified atom stereocenters. The predicted octanol–water partition coefficient (Wildman–Crippen LogP) is 4.43. The number of nitrogens with one attached hydrogen (secondary N) is 2. The molecule has 2 aromatic heterocycles. The molecule has 0 bridgehead atoms. The van der Waals surface area contributed by atoms with Crippen LogP contribution < -0.4 is 15.5 Å². The third kappa shape index (κ3) is 4.22. The predicted molar refractivity (Wildman–Crippen MR) is 142 cm³/mol. The first-order valence-electron chi connectivity index (χ1n) is 11.8. The highest BCUT2D eigenvalue weighted by atomic mass is 19.1. The van der Waals surface area contributed by atoms with Gasteiger partial charge in [-0.15, -0.1) is 0 Å². The fraction of sp³-hybridized carbons (Fsp3) is 0.148. The molecule has 37 heavy (non-hydrogen) atoms. The van der Waals surface area contributed by atoms with Crippen molar-refractivity contribution < 1.29 is 9.18 Å². The van der Waals surface area contributed by atoms with E-state index in [-0.39, 0.29) is 5.56 Å². The standard InChI is InChI=1S/C27H23FN8O/c1-16-7-8-18(32-26(37)20-5-3-4-6-23(20)28)12-21(16)22-11-17-13-30-27(33-19-14-31-35(2)15-19)34-24(17)36-10-9-29-25(22)36/h3-8,11-15H,9-10H2,1-2H3,(H,32,37)(H,30,33,34). The molecule has 0 spiro atoms. The van der Waals surface area contributed by atoms with Crippen molar-refractivity contribution in [2.24, 2.45) is 12.0 Å². The van der Waals surface area contributed by atoms with Crippen LogP contribution in [0.4, 0.5) is 27.5 Å². The van der Waals surface area contributed by atoms with Crippen molar-refractivity contribution in [3.8, 4) is 0 Å². The maximum absolute atomic E-state index is 14.1. The number of aromatic nitrogens is 4. The first-order valence-corrected chi connectivity index (χ1v) is 11.8. The Morgan fingerprint density at radius 2 is 1.97 bits per heavy atom. The lowest BCUT2D eigenvalue weighted by atomic mass is 9.94. The third-order valence-corrected chi connectivity index (χ3v) is 6.30. The summed E-state index contributed by atoms with van der Waals surface area (Å²) in [6.45, 7) is 3.35. The SMILES string of the molecule is Cc1ccc(NC(=O)c2ccccc2F)cc1C1=Cc2cnc(Nc3cnn(C)c3)nc2N2CCN=C12. The monoisotopic (exact) mass is 494 g/mol. The van der Waals surface area contributed by atoms with Crippen molar-refractivity contribution in [2.45, 2.75) is 6.92 Å². The number of nitrogens with zero attached hydrogens (tertiary/aromatic N) is 6. The van der Waals surface area contributed by atoms with Crippen molar-refractivity contribution in [3.05, 3.63) is 89.1 Å². The summed E-state index contributed by atoms with van der Waals surface area (Å²) in [6, 6.07) is 11.6. The van der Waals surface area contributed by atoms with Gasteiger partial charge in [0.15, 0.2) is 0 Å². The third-order valence-electron chi connectivity index (χ3n) is 6.30. The number of fused-ring (bicyclic) bond motifs is 3. The Kier molecular flexibility index (Phi) is 5.48. The Balaban J connectivity index is 1.34. The lowest BCUT2D eigenvalue weighted by Crippen LogP contribution is -2.32. The molecule has 0 radical (unpaired) electrons. The molecule has 4 heterocycles. The van der Waals surface area contributed by atoms with Gasteiger partial charge >= 0.3 is 0 Å². The Bertz CT molecular complexity index is 1610. The molecule has 2 N–H and O–H groups in total. The van der Waals surface area contributed by atoms with E-state index in [1.54, 1.807) is 29.2 Å². The number of amides is 1. The number of rotatable bonds is 5. The lowest BCUT2D eigenvalue weighted by Gasteiger charge is -2.28. The van der Waals surface area contributed by atoms with E-state index in [9.17, 15) is 9.18 Å². The van der Waals surface area contributed by atoms with Gasteiger partial charge < -0.3 is 15.5 Å². The molecular weight excluding hydrogens is 471 g/mol. The minimum Gasteiger partial charge on any atom is -0.322 e. The minimum atomic E-state index is -0.563. The second-order valence-electron chi connectivity index (χ2n) is 8.88. The van der Waals surface area contributed by atoms with Crippen LogP contribution in [-0.4, -0.2) is 44.6 Å². The molecule has 184 valence electrons. The number of carbonyl (C=O) groups excluding carboxylic acids is 1. The first-order chi connectivity index (χ1) is 18.0. The van der Waals surface area contributed by atoms with E-state index in [0.29, 0.717) is 24.7 Å². The molecule has 0 atom stereocenters. The van der Waals surface area contributed by atoms with Gasteiger partial charge in [-0.25, -0.2) is 9.37 Å². The van der Waals surface area contributed by atoms with Crippen molar-refractivity contribution in [1.82, 2.24) is 19.7 Å². The van der Waals surface area contributed by atoms with E-state index in [0.717, 1.165) is 39.6 Å². The van der Waals surface area contributed by atoms with E-state index in [4.69, 9.17) is 9.98 Å². The summed E-state index contributed by atoms with van der Waals surface area (Å²) < 4.78 is 15.8. The fourth-order valence-corrected chi connectivity index (χ4v) is 4.51. The smallest absolute Gasteiger partial charge is 0.258 e. The highest BCUT2D eigenvalue weighted by Crippen LogP contribution is 2.37. The van der Waals surface area contributed by atoms with Crippen molar-refractivity contribution >= 4 is 46.5 Å². The molecule has 2 aliphatic rings. The van der Waals surface area contributed by atoms with E-state index < -0.39 is 11.7 Å². The highest BCUT2D eigenvalue weighted by molar-refractivity contribution is 6.36. The fourth-order valence-electron chi connectivity index (χ4n) is 4.51. The quantitative estimate of drug-likeness (QED) is 0.426. The van der Waals surface area contributed by atoms with Crippen molar-refractivity contribution in [1.29, 1.82) is 0 Å². The number of carbonyl (C=O) groups is 1. The molecule has 6 rings (SSSR count). The average molecular weight is 495 g/mol. The number of aryl methyl sites for hydroxylation is 2. The van der Waals surface area contributed by atoms with Crippen LogP contribution in [0.25, 0.3) is 11.6 Å². The number of benzene rings is 2. The lowest BCUT2D eigenvalue weighted by molar-refractivity contribution is 0.102. The average Bonchev–Trinajstić information content (AvgIpc) is 3.54. The summed E-state index contributed by atoms with van der Waals surface area (Å²) in [6.07, 6.45) is 7.37. The zero-order chi connectivity index (χ0) is 25.5. The number of hydrogen-bond donors (Lipinski definition) is 2. The second-order valence-corrected chi connectivity index (χ2v) is 8.88. The summed E-state index contributed by atoms with van der Waals surface area (Å²) in [7, 11) is 1.85. The van der Waals surface area contributed by atoms with Gasteiger partial charge in [-0.05, 0) is 48.4 Å². The number of halogens is 1. The van der Waals surface area contributed by atoms with Gasteiger partial charge in [0.25, 0.3) is 5.91 Å². The van der Waals surface area contributed by atoms with Crippen LogP contribution in [0.5, 0.6) is 0 Å². The molecule has 0 aliphatic carbocycles. The Hall–Kier alpha value is -4.86. The Morgan fingerprint density at radius 3 is 2.78 bits per heavy atom. The van der Waals surface area contributed by atoms with Gasteiger partial charge in [-0.1, -0.05) is 18.2 Å². The van der Waals surface area contributed by atoms with E-state index in [1.165, 1.54) is 12.1 Å². The number of anilines is 4. The van der Waals surface area contributed by atoms with Gasteiger partial charge in [0, 0.05) is 42.8 Å². The Morgan fingerprint density at radius 1 is 1.11 bits per heavy atom. The molecule has 2 aromatic carbocycles. The topological polar surface area (TPSA) is 100 Å². The summed E-state index contributed by atoms with van der Waals surface area (Å²) >= 11 is 0. The minimum absolute atomic E-state index is 0.00498. The van der Waals surface area contributed by atoms with E-state index in [2.05, 4.69) is 25.6 Å². The van der Waals surface area contributed by atoms with Gasteiger partial charge in [-0.2, -0.15) is 10.1 Å². The molecule has 0 fully saturated rings. The molecule has 10 heteroatoms. The maximum Gasteiger partial charge on any atom is 0.258 e.